The average molecular weight is 308 g/mol. The molecule has 3 N–H and O–H groups in total. The lowest BCUT2D eigenvalue weighted by atomic mass is 10.1. The number of hydrogen-bond acceptors (Lipinski definition) is 3. The molecule has 4 nitrogen and oxygen atoms in total. The van der Waals surface area contributed by atoms with Gasteiger partial charge >= 0.3 is 0 Å². The zero-order chi connectivity index (χ0) is 15.5. The molecule has 2 aromatic rings. The SMILES string of the molecule is CCCc1ccccc1NS(=O)(=O)c1cc(N)ccc1F. The topological polar surface area (TPSA) is 72.2 Å². The summed E-state index contributed by atoms with van der Waals surface area (Å²) in [6.45, 7) is 2.00. The van der Waals surface area contributed by atoms with Gasteiger partial charge in [0, 0.05) is 5.69 Å². The van der Waals surface area contributed by atoms with Crippen LogP contribution in [0.25, 0.3) is 0 Å². The molecule has 0 aliphatic rings. The lowest BCUT2D eigenvalue weighted by molar-refractivity contribution is 0.570. The fraction of sp³-hybridized carbons (Fsp3) is 0.200. The van der Waals surface area contributed by atoms with Crippen molar-refractivity contribution in [2.45, 2.75) is 24.7 Å². The van der Waals surface area contributed by atoms with E-state index in [4.69, 9.17) is 5.73 Å². The normalized spacial score (nSPS) is 11.3. The Bertz CT molecular complexity index is 745. The van der Waals surface area contributed by atoms with E-state index < -0.39 is 20.7 Å². The van der Waals surface area contributed by atoms with Crippen molar-refractivity contribution in [1.82, 2.24) is 0 Å². The molecule has 0 amide bonds. The summed E-state index contributed by atoms with van der Waals surface area (Å²) >= 11 is 0. The molecule has 0 aliphatic carbocycles. The number of halogens is 1. The second-order valence-electron chi connectivity index (χ2n) is 4.70. The second kappa shape index (κ2) is 6.13. The van der Waals surface area contributed by atoms with E-state index in [9.17, 15) is 12.8 Å². The fourth-order valence-electron chi connectivity index (χ4n) is 2.03. The third kappa shape index (κ3) is 3.52. The Kier molecular flexibility index (Phi) is 4.47. The van der Waals surface area contributed by atoms with Crippen molar-refractivity contribution in [3.8, 4) is 0 Å². The van der Waals surface area contributed by atoms with Crippen LogP contribution in [0.4, 0.5) is 15.8 Å². The number of nitrogen functional groups attached to an aromatic ring is 1. The fourth-order valence-corrected chi connectivity index (χ4v) is 3.25. The first kappa shape index (κ1) is 15.3. The standard InChI is InChI=1S/C15H17FN2O2S/c1-2-5-11-6-3-4-7-14(11)18-21(19,20)15-10-12(17)8-9-13(15)16/h3-4,6-10,18H,2,5,17H2,1H3. The zero-order valence-corrected chi connectivity index (χ0v) is 12.5. The summed E-state index contributed by atoms with van der Waals surface area (Å²) in [6.07, 6.45) is 1.61. The molecule has 0 radical (unpaired) electrons. The highest BCUT2D eigenvalue weighted by atomic mass is 32.2. The van der Waals surface area contributed by atoms with E-state index in [0.29, 0.717) is 5.69 Å². The van der Waals surface area contributed by atoms with Crippen molar-refractivity contribution in [1.29, 1.82) is 0 Å². The van der Waals surface area contributed by atoms with E-state index in [2.05, 4.69) is 4.72 Å². The maximum Gasteiger partial charge on any atom is 0.264 e. The third-order valence-electron chi connectivity index (χ3n) is 3.03. The van der Waals surface area contributed by atoms with E-state index in [-0.39, 0.29) is 5.69 Å². The van der Waals surface area contributed by atoms with Crippen molar-refractivity contribution < 1.29 is 12.8 Å². The zero-order valence-electron chi connectivity index (χ0n) is 11.6. The first-order valence-corrected chi connectivity index (χ1v) is 8.08. The van der Waals surface area contributed by atoms with Gasteiger partial charge < -0.3 is 5.73 Å². The highest BCUT2D eigenvalue weighted by molar-refractivity contribution is 7.92. The van der Waals surface area contributed by atoms with Gasteiger partial charge in [-0.3, -0.25) is 4.72 Å². The molecule has 6 heteroatoms. The molecule has 0 atom stereocenters. The number of para-hydroxylation sites is 1. The van der Waals surface area contributed by atoms with Crippen LogP contribution in [-0.2, 0) is 16.4 Å². The number of sulfonamides is 1. The van der Waals surface area contributed by atoms with Gasteiger partial charge in [0.1, 0.15) is 10.7 Å². The summed E-state index contributed by atoms with van der Waals surface area (Å²) in [5.74, 6) is -0.829. The number of nitrogens with one attached hydrogen (secondary N) is 1. The van der Waals surface area contributed by atoms with E-state index in [1.54, 1.807) is 12.1 Å². The average Bonchev–Trinajstić information content (AvgIpc) is 2.43. The summed E-state index contributed by atoms with van der Waals surface area (Å²) < 4.78 is 40.8. The first-order chi connectivity index (χ1) is 9.94. The maximum atomic E-state index is 13.7. The van der Waals surface area contributed by atoms with Gasteiger partial charge in [0.2, 0.25) is 0 Å². The molecular weight excluding hydrogens is 291 g/mol. The van der Waals surface area contributed by atoms with Gasteiger partial charge in [-0.2, -0.15) is 0 Å². The summed E-state index contributed by atoms with van der Waals surface area (Å²) in [5.41, 5.74) is 7.06. The molecule has 0 heterocycles. The van der Waals surface area contributed by atoms with Gasteiger partial charge in [-0.15, -0.1) is 0 Å². The quantitative estimate of drug-likeness (QED) is 0.833. The molecule has 0 saturated heterocycles. The molecule has 2 aromatic carbocycles. The van der Waals surface area contributed by atoms with Gasteiger partial charge in [-0.1, -0.05) is 31.5 Å². The molecule has 0 spiro atoms. The second-order valence-corrected chi connectivity index (χ2v) is 6.35. The highest BCUT2D eigenvalue weighted by Crippen LogP contribution is 2.24. The van der Waals surface area contributed by atoms with Crippen LogP contribution in [0, 0.1) is 5.82 Å². The molecule has 0 aromatic heterocycles. The Morgan fingerprint density at radius 1 is 1.19 bits per heavy atom. The summed E-state index contributed by atoms with van der Waals surface area (Å²) in [5, 5.41) is 0. The summed E-state index contributed by atoms with van der Waals surface area (Å²) in [6, 6.07) is 10.5. The lowest BCUT2D eigenvalue weighted by Crippen LogP contribution is -2.16. The molecule has 0 saturated carbocycles. The van der Waals surface area contributed by atoms with E-state index in [1.807, 2.05) is 19.1 Å². The molecular formula is C15H17FN2O2S. The van der Waals surface area contributed by atoms with Crippen LogP contribution in [-0.4, -0.2) is 8.42 Å². The Labute approximate surface area is 123 Å². The summed E-state index contributed by atoms with van der Waals surface area (Å²) in [7, 11) is -4.01. The molecule has 0 bridgehead atoms. The Balaban J connectivity index is 2.40. The van der Waals surface area contributed by atoms with Crippen LogP contribution < -0.4 is 10.5 Å². The van der Waals surface area contributed by atoms with Crippen molar-refractivity contribution in [2.24, 2.45) is 0 Å². The molecule has 2 rings (SSSR count). The van der Waals surface area contributed by atoms with Crippen LogP contribution in [0.1, 0.15) is 18.9 Å². The van der Waals surface area contributed by atoms with Gasteiger partial charge in [0.25, 0.3) is 10.0 Å². The van der Waals surface area contributed by atoms with Gasteiger partial charge in [0.15, 0.2) is 0 Å². The predicted octanol–water partition coefficient (Wildman–Crippen LogP) is 3.16. The number of aryl methyl sites for hydroxylation is 1. The predicted molar refractivity (Wildman–Crippen MR) is 82.1 cm³/mol. The Morgan fingerprint density at radius 2 is 1.90 bits per heavy atom. The van der Waals surface area contributed by atoms with E-state index >= 15 is 0 Å². The van der Waals surface area contributed by atoms with Gasteiger partial charge in [-0.05, 0) is 36.2 Å². The maximum absolute atomic E-state index is 13.7. The van der Waals surface area contributed by atoms with Crippen LogP contribution in [0.3, 0.4) is 0 Å². The van der Waals surface area contributed by atoms with Crippen molar-refractivity contribution in [2.75, 3.05) is 10.5 Å². The van der Waals surface area contributed by atoms with Crippen LogP contribution in [0.15, 0.2) is 47.4 Å². The van der Waals surface area contributed by atoms with Gasteiger partial charge in [0.05, 0.1) is 5.69 Å². The monoisotopic (exact) mass is 308 g/mol. The van der Waals surface area contributed by atoms with Crippen molar-refractivity contribution in [3.63, 3.8) is 0 Å². The highest BCUT2D eigenvalue weighted by Gasteiger charge is 2.20. The van der Waals surface area contributed by atoms with Crippen molar-refractivity contribution in [3.05, 3.63) is 53.8 Å². The van der Waals surface area contributed by atoms with Crippen molar-refractivity contribution >= 4 is 21.4 Å². The Hall–Kier alpha value is -2.08. The molecule has 0 fully saturated rings. The van der Waals surface area contributed by atoms with Crippen LogP contribution >= 0.6 is 0 Å². The minimum absolute atomic E-state index is 0.193. The van der Waals surface area contributed by atoms with E-state index in [0.717, 1.165) is 30.5 Å². The number of nitrogens with two attached hydrogens (primary N) is 1. The molecule has 21 heavy (non-hydrogen) atoms. The van der Waals surface area contributed by atoms with Crippen LogP contribution in [0.5, 0.6) is 0 Å². The van der Waals surface area contributed by atoms with E-state index in [1.165, 1.54) is 6.07 Å². The Morgan fingerprint density at radius 3 is 2.62 bits per heavy atom. The minimum Gasteiger partial charge on any atom is -0.399 e. The largest absolute Gasteiger partial charge is 0.399 e. The van der Waals surface area contributed by atoms with Gasteiger partial charge in [-0.25, -0.2) is 12.8 Å². The minimum atomic E-state index is -4.01. The molecule has 0 aliphatic heterocycles. The lowest BCUT2D eigenvalue weighted by Gasteiger charge is -2.13. The summed E-state index contributed by atoms with van der Waals surface area (Å²) in [4.78, 5) is -0.450. The number of hydrogen-bond donors (Lipinski definition) is 2. The number of anilines is 2. The smallest absolute Gasteiger partial charge is 0.264 e. The molecule has 0 unspecified atom stereocenters. The number of benzene rings is 2. The van der Waals surface area contributed by atoms with Crippen LogP contribution in [0.2, 0.25) is 0 Å². The molecule has 112 valence electrons. The number of rotatable bonds is 5. The first-order valence-electron chi connectivity index (χ1n) is 6.60. The third-order valence-corrected chi connectivity index (χ3v) is 4.41.